The van der Waals surface area contributed by atoms with Crippen LogP contribution < -0.4 is 4.74 Å². The largest absolute Gasteiger partial charge is 0.494 e. The highest BCUT2D eigenvalue weighted by Gasteiger charge is 2.12. The van der Waals surface area contributed by atoms with Crippen LogP contribution in [0.5, 0.6) is 5.75 Å². The number of ether oxygens (including phenoxy) is 2. The predicted molar refractivity (Wildman–Crippen MR) is 81.7 cm³/mol. The van der Waals surface area contributed by atoms with Crippen molar-refractivity contribution in [3.63, 3.8) is 0 Å². The maximum Gasteiger partial charge on any atom is 0.338 e. The molecule has 1 heterocycles. The summed E-state index contributed by atoms with van der Waals surface area (Å²) in [5.74, 6) is 0.424. The van der Waals surface area contributed by atoms with Crippen molar-refractivity contribution in [1.29, 1.82) is 0 Å². The summed E-state index contributed by atoms with van der Waals surface area (Å²) in [5, 5.41) is 0. The van der Waals surface area contributed by atoms with Gasteiger partial charge >= 0.3 is 5.97 Å². The molecule has 0 radical (unpaired) electrons. The first-order valence-corrected chi connectivity index (χ1v) is 6.68. The molecule has 21 heavy (non-hydrogen) atoms. The van der Waals surface area contributed by atoms with Gasteiger partial charge in [-0.15, -0.1) is 0 Å². The highest BCUT2D eigenvalue weighted by atomic mass is 16.5. The molecular formula is C17H17NO3. The molecule has 0 aliphatic rings. The Balaban J connectivity index is 2.34. The summed E-state index contributed by atoms with van der Waals surface area (Å²) in [5.41, 5.74) is 2.16. The van der Waals surface area contributed by atoms with Crippen LogP contribution in [0.1, 0.15) is 18.1 Å². The van der Waals surface area contributed by atoms with Crippen molar-refractivity contribution in [2.45, 2.75) is 6.92 Å². The SMILES string of the molecule is CCOc1ccc(/C=C(\C(=O)OC)c2ccncc2)cc1. The van der Waals surface area contributed by atoms with Crippen molar-refractivity contribution in [3.05, 3.63) is 59.9 Å². The highest BCUT2D eigenvalue weighted by molar-refractivity contribution is 6.21. The van der Waals surface area contributed by atoms with E-state index in [2.05, 4.69) is 4.98 Å². The van der Waals surface area contributed by atoms with Gasteiger partial charge < -0.3 is 9.47 Å². The molecule has 108 valence electrons. The van der Waals surface area contributed by atoms with Crippen LogP contribution in [0.15, 0.2) is 48.8 Å². The lowest BCUT2D eigenvalue weighted by Crippen LogP contribution is -2.03. The third-order valence-electron chi connectivity index (χ3n) is 2.90. The van der Waals surface area contributed by atoms with Gasteiger partial charge in [0, 0.05) is 12.4 Å². The van der Waals surface area contributed by atoms with E-state index in [0.717, 1.165) is 16.9 Å². The van der Waals surface area contributed by atoms with Gasteiger partial charge in [0.2, 0.25) is 0 Å². The van der Waals surface area contributed by atoms with E-state index in [4.69, 9.17) is 9.47 Å². The number of carbonyl (C=O) groups is 1. The van der Waals surface area contributed by atoms with Gasteiger partial charge in [0.05, 0.1) is 19.3 Å². The molecule has 0 aliphatic heterocycles. The smallest absolute Gasteiger partial charge is 0.338 e. The number of pyridine rings is 1. The molecule has 2 aromatic rings. The molecule has 0 amide bonds. The van der Waals surface area contributed by atoms with Gasteiger partial charge in [-0.25, -0.2) is 4.79 Å². The van der Waals surface area contributed by atoms with Gasteiger partial charge in [-0.1, -0.05) is 12.1 Å². The number of rotatable bonds is 5. The van der Waals surface area contributed by atoms with E-state index in [9.17, 15) is 4.79 Å². The molecule has 4 heteroatoms. The maximum atomic E-state index is 12.0. The molecule has 0 unspecified atom stereocenters. The summed E-state index contributed by atoms with van der Waals surface area (Å²) in [6.45, 7) is 2.56. The summed E-state index contributed by atoms with van der Waals surface area (Å²) in [4.78, 5) is 15.9. The lowest BCUT2D eigenvalue weighted by molar-refractivity contribution is -0.133. The van der Waals surface area contributed by atoms with Crippen molar-refractivity contribution >= 4 is 17.6 Å². The molecule has 0 bridgehead atoms. The van der Waals surface area contributed by atoms with Crippen molar-refractivity contribution in [3.8, 4) is 5.75 Å². The average Bonchev–Trinajstić information content (AvgIpc) is 2.54. The molecule has 1 aromatic heterocycles. The summed E-state index contributed by atoms with van der Waals surface area (Å²) < 4.78 is 10.2. The van der Waals surface area contributed by atoms with Crippen LogP contribution in [0.25, 0.3) is 11.6 Å². The third kappa shape index (κ3) is 3.92. The Hall–Kier alpha value is -2.62. The Labute approximate surface area is 124 Å². The summed E-state index contributed by atoms with van der Waals surface area (Å²) >= 11 is 0. The first kappa shape index (κ1) is 14.8. The molecule has 0 atom stereocenters. The fourth-order valence-electron chi connectivity index (χ4n) is 1.90. The second-order valence-electron chi connectivity index (χ2n) is 4.29. The van der Waals surface area contributed by atoms with E-state index < -0.39 is 0 Å². The van der Waals surface area contributed by atoms with Crippen molar-refractivity contribution in [2.24, 2.45) is 0 Å². The van der Waals surface area contributed by atoms with Crippen LogP contribution in [-0.2, 0) is 9.53 Å². The Morgan fingerprint density at radius 2 is 1.81 bits per heavy atom. The van der Waals surface area contributed by atoms with Crippen LogP contribution in [0.4, 0.5) is 0 Å². The highest BCUT2D eigenvalue weighted by Crippen LogP contribution is 2.21. The Kier molecular flexibility index (Phi) is 5.10. The lowest BCUT2D eigenvalue weighted by Gasteiger charge is -2.06. The van der Waals surface area contributed by atoms with Crippen LogP contribution in [0.3, 0.4) is 0 Å². The lowest BCUT2D eigenvalue weighted by atomic mass is 10.0. The Morgan fingerprint density at radius 1 is 1.14 bits per heavy atom. The number of benzene rings is 1. The van der Waals surface area contributed by atoms with Crippen LogP contribution in [-0.4, -0.2) is 24.7 Å². The number of hydrogen-bond acceptors (Lipinski definition) is 4. The fraction of sp³-hybridized carbons (Fsp3) is 0.176. The van der Waals surface area contributed by atoms with Gasteiger partial charge in [0.25, 0.3) is 0 Å². The second kappa shape index (κ2) is 7.24. The molecule has 4 nitrogen and oxygen atoms in total. The minimum Gasteiger partial charge on any atom is -0.494 e. The number of carbonyl (C=O) groups excluding carboxylic acids is 1. The van der Waals surface area contributed by atoms with Gasteiger partial charge in [0.1, 0.15) is 5.75 Å². The normalized spacial score (nSPS) is 11.0. The number of nitrogens with zero attached hydrogens (tertiary/aromatic N) is 1. The molecule has 0 N–H and O–H groups in total. The third-order valence-corrected chi connectivity index (χ3v) is 2.90. The first-order valence-electron chi connectivity index (χ1n) is 6.68. The molecule has 0 spiro atoms. The Morgan fingerprint density at radius 3 is 2.38 bits per heavy atom. The zero-order chi connectivity index (χ0) is 15.1. The van der Waals surface area contributed by atoms with Gasteiger partial charge in [-0.3, -0.25) is 4.98 Å². The van der Waals surface area contributed by atoms with E-state index in [1.165, 1.54) is 7.11 Å². The summed E-state index contributed by atoms with van der Waals surface area (Å²) in [6.07, 6.45) is 5.07. The van der Waals surface area contributed by atoms with Gasteiger partial charge in [0.15, 0.2) is 0 Å². The molecule has 1 aromatic carbocycles. The van der Waals surface area contributed by atoms with E-state index >= 15 is 0 Å². The first-order chi connectivity index (χ1) is 10.2. The number of hydrogen-bond donors (Lipinski definition) is 0. The number of esters is 1. The van der Waals surface area contributed by atoms with Crippen LogP contribution in [0, 0.1) is 0 Å². The van der Waals surface area contributed by atoms with Crippen LogP contribution >= 0.6 is 0 Å². The average molecular weight is 283 g/mol. The zero-order valence-corrected chi connectivity index (χ0v) is 12.1. The van der Waals surface area contributed by atoms with Crippen LogP contribution in [0.2, 0.25) is 0 Å². The quantitative estimate of drug-likeness (QED) is 0.624. The standard InChI is InChI=1S/C17H17NO3/c1-3-21-15-6-4-13(5-7-15)12-16(17(19)20-2)14-8-10-18-11-9-14/h4-12H,3H2,1-2H3/b16-12-. The molecule has 0 fully saturated rings. The predicted octanol–water partition coefficient (Wildman–Crippen LogP) is 3.19. The fourth-order valence-corrected chi connectivity index (χ4v) is 1.90. The van der Waals surface area contributed by atoms with Crippen molar-refractivity contribution < 1.29 is 14.3 Å². The molecule has 2 rings (SSSR count). The van der Waals surface area contributed by atoms with Gasteiger partial charge in [-0.2, -0.15) is 0 Å². The van der Waals surface area contributed by atoms with Crippen molar-refractivity contribution in [2.75, 3.05) is 13.7 Å². The molecule has 0 saturated carbocycles. The Bertz CT molecular complexity index is 618. The maximum absolute atomic E-state index is 12.0. The molecule has 0 saturated heterocycles. The minimum absolute atomic E-state index is 0.380. The molecule has 0 aliphatic carbocycles. The number of aromatic nitrogens is 1. The molecular weight excluding hydrogens is 266 g/mol. The van der Waals surface area contributed by atoms with E-state index in [1.54, 1.807) is 30.6 Å². The monoisotopic (exact) mass is 283 g/mol. The van der Waals surface area contributed by atoms with E-state index in [0.29, 0.717) is 12.2 Å². The minimum atomic E-state index is -0.380. The number of methoxy groups -OCH3 is 1. The topological polar surface area (TPSA) is 48.4 Å². The van der Waals surface area contributed by atoms with E-state index in [1.807, 2.05) is 31.2 Å². The second-order valence-corrected chi connectivity index (χ2v) is 4.29. The van der Waals surface area contributed by atoms with Crippen molar-refractivity contribution in [1.82, 2.24) is 4.98 Å². The van der Waals surface area contributed by atoms with E-state index in [-0.39, 0.29) is 5.97 Å². The summed E-state index contributed by atoms with van der Waals surface area (Å²) in [7, 11) is 1.37. The zero-order valence-electron chi connectivity index (χ0n) is 12.1. The van der Waals surface area contributed by atoms with Gasteiger partial charge in [-0.05, 0) is 48.4 Å². The summed E-state index contributed by atoms with van der Waals surface area (Å²) in [6, 6.07) is 11.1.